The molecule has 0 fully saturated rings. The van der Waals surface area contributed by atoms with Gasteiger partial charge in [-0.25, -0.2) is 9.37 Å². The molecule has 0 aliphatic heterocycles. The fourth-order valence-electron chi connectivity index (χ4n) is 2.99. The van der Waals surface area contributed by atoms with Crippen molar-refractivity contribution in [1.82, 2.24) is 10.3 Å². The van der Waals surface area contributed by atoms with E-state index in [-0.39, 0.29) is 17.9 Å². The maximum Gasteiger partial charge on any atom is 0.124 e. The molecule has 0 amide bonds. The zero-order valence-electron chi connectivity index (χ0n) is 14.0. The Bertz CT molecular complexity index is 847. The maximum atomic E-state index is 13.5. The Morgan fingerprint density at radius 1 is 1.08 bits per heavy atom. The zero-order chi connectivity index (χ0) is 17.1. The minimum Gasteiger partial charge on any atom is -0.384 e. The largest absolute Gasteiger partial charge is 0.384 e. The van der Waals surface area contributed by atoms with E-state index in [1.807, 2.05) is 12.1 Å². The van der Waals surface area contributed by atoms with Crippen molar-refractivity contribution >= 4 is 16.7 Å². The summed E-state index contributed by atoms with van der Waals surface area (Å²) in [5.74, 6) is 0.317. The fraction of sp³-hybridized carbons (Fsp3) is 0.250. The number of fused-ring (bicyclic) bond motifs is 1. The standard InChI is InChI=1S/C20H22FN3/c1-3-18(16-5-4-6-17(21)11-16)23-13(2)15-8-7-14-9-10-20(22)24-19(14)12-15/h4-13,18,23H,3H2,1-2H3,(H2,22,24). The highest BCUT2D eigenvalue weighted by Crippen LogP contribution is 2.25. The van der Waals surface area contributed by atoms with E-state index in [1.165, 1.54) is 6.07 Å². The monoisotopic (exact) mass is 323 g/mol. The van der Waals surface area contributed by atoms with Gasteiger partial charge in [0.25, 0.3) is 0 Å². The van der Waals surface area contributed by atoms with Crippen LogP contribution in [0.5, 0.6) is 0 Å². The number of nitrogens with two attached hydrogens (primary N) is 1. The normalized spacial score (nSPS) is 13.8. The second-order valence-electron chi connectivity index (χ2n) is 6.09. The zero-order valence-corrected chi connectivity index (χ0v) is 14.0. The summed E-state index contributed by atoms with van der Waals surface area (Å²) >= 11 is 0. The topological polar surface area (TPSA) is 50.9 Å². The summed E-state index contributed by atoms with van der Waals surface area (Å²) in [5, 5.41) is 4.65. The SMILES string of the molecule is CCC(NC(C)c1ccc2ccc(N)nc2c1)c1cccc(F)c1. The Morgan fingerprint density at radius 3 is 2.62 bits per heavy atom. The Kier molecular flexibility index (Phi) is 4.76. The predicted octanol–water partition coefficient (Wildman–Crippen LogP) is 4.76. The first kappa shape index (κ1) is 16.4. The molecule has 0 saturated heterocycles. The minimum atomic E-state index is -0.203. The Labute approximate surface area is 141 Å². The molecule has 0 bridgehead atoms. The highest BCUT2D eigenvalue weighted by molar-refractivity contribution is 5.80. The molecule has 4 heteroatoms. The summed E-state index contributed by atoms with van der Waals surface area (Å²) in [4.78, 5) is 4.39. The van der Waals surface area contributed by atoms with E-state index >= 15 is 0 Å². The van der Waals surface area contributed by atoms with Crippen LogP contribution in [0.2, 0.25) is 0 Å². The summed E-state index contributed by atoms with van der Waals surface area (Å²) in [6.45, 7) is 4.20. The number of aromatic nitrogens is 1. The van der Waals surface area contributed by atoms with Crippen LogP contribution < -0.4 is 11.1 Å². The Balaban J connectivity index is 1.84. The molecule has 2 aromatic carbocycles. The molecule has 0 aliphatic rings. The number of hydrogen-bond acceptors (Lipinski definition) is 3. The molecular weight excluding hydrogens is 301 g/mol. The third kappa shape index (κ3) is 3.54. The number of nitrogens with one attached hydrogen (secondary N) is 1. The van der Waals surface area contributed by atoms with Crippen LogP contribution in [0.1, 0.15) is 43.5 Å². The number of benzene rings is 2. The van der Waals surface area contributed by atoms with Crippen molar-refractivity contribution < 1.29 is 4.39 Å². The van der Waals surface area contributed by atoms with E-state index in [1.54, 1.807) is 18.2 Å². The quantitative estimate of drug-likeness (QED) is 0.712. The van der Waals surface area contributed by atoms with Gasteiger partial charge in [0.1, 0.15) is 11.6 Å². The number of nitrogen functional groups attached to an aromatic ring is 1. The van der Waals surface area contributed by atoms with E-state index in [0.717, 1.165) is 28.5 Å². The number of hydrogen-bond donors (Lipinski definition) is 2. The lowest BCUT2D eigenvalue weighted by atomic mass is 10.0. The van der Waals surface area contributed by atoms with E-state index in [9.17, 15) is 4.39 Å². The lowest BCUT2D eigenvalue weighted by Gasteiger charge is -2.23. The van der Waals surface area contributed by atoms with Crippen molar-refractivity contribution in [3.63, 3.8) is 0 Å². The Hall–Kier alpha value is -2.46. The molecule has 1 aromatic heterocycles. The van der Waals surface area contributed by atoms with Gasteiger partial charge in [0.15, 0.2) is 0 Å². The van der Waals surface area contributed by atoms with Gasteiger partial charge in [-0.2, -0.15) is 0 Å². The summed E-state index contributed by atoms with van der Waals surface area (Å²) in [6.07, 6.45) is 0.882. The molecule has 3 nitrogen and oxygen atoms in total. The van der Waals surface area contributed by atoms with Crippen LogP contribution in [0.25, 0.3) is 10.9 Å². The van der Waals surface area contributed by atoms with Crippen LogP contribution in [0.4, 0.5) is 10.2 Å². The molecule has 3 N–H and O–H groups in total. The summed E-state index contributed by atoms with van der Waals surface area (Å²) < 4.78 is 13.5. The highest BCUT2D eigenvalue weighted by Gasteiger charge is 2.15. The summed E-state index contributed by atoms with van der Waals surface area (Å²) in [6, 6.07) is 17.0. The van der Waals surface area contributed by atoms with Gasteiger partial charge >= 0.3 is 0 Å². The van der Waals surface area contributed by atoms with Gasteiger partial charge in [-0.15, -0.1) is 0 Å². The van der Waals surface area contributed by atoms with Crippen molar-refractivity contribution in [3.05, 3.63) is 71.5 Å². The molecule has 0 saturated carbocycles. The first-order valence-electron chi connectivity index (χ1n) is 8.24. The molecule has 2 atom stereocenters. The van der Waals surface area contributed by atoms with Crippen molar-refractivity contribution in [2.45, 2.75) is 32.4 Å². The molecule has 1 heterocycles. The third-order valence-electron chi connectivity index (χ3n) is 4.35. The number of nitrogens with zero attached hydrogens (tertiary/aromatic N) is 1. The van der Waals surface area contributed by atoms with Gasteiger partial charge < -0.3 is 11.1 Å². The van der Waals surface area contributed by atoms with Crippen LogP contribution in [0.3, 0.4) is 0 Å². The first-order valence-corrected chi connectivity index (χ1v) is 8.24. The van der Waals surface area contributed by atoms with Crippen molar-refractivity contribution in [2.75, 3.05) is 5.73 Å². The molecule has 0 aliphatic carbocycles. The summed E-state index contributed by atoms with van der Waals surface area (Å²) in [5.41, 5.74) is 8.77. The van der Waals surface area contributed by atoms with Gasteiger partial charge in [-0.3, -0.25) is 0 Å². The van der Waals surface area contributed by atoms with Crippen LogP contribution in [-0.4, -0.2) is 4.98 Å². The smallest absolute Gasteiger partial charge is 0.124 e. The predicted molar refractivity (Wildman–Crippen MR) is 97.1 cm³/mol. The average molecular weight is 323 g/mol. The molecule has 0 spiro atoms. The molecule has 3 aromatic rings. The van der Waals surface area contributed by atoms with E-state index in [4.69, 9.17) is 5.73 Å². The fourth-order valence-corrected chi connectivity index (χ4v) is 2.99. The van der Waals surface area contributed by atoms with Crippen LogP contribution in [0.15, 0.2) is 54.6 Å². The van der Waals surface area contributed by atoms with Crippen molar-refractivity contribution in [2.24, 2.45) is 0 Å². The number of halogens is 1. The average Bonchev–Trinajstić information content (AvgIpc) is 2.58. The second kappa shape index (κ2) is 6.97. The number of rotatable bonds is 5. The molecule has 24 heavy (non-hydrogen) atoms. The first-order chi connectivity index (χ1) is 11.6. The second-order valence-corrected chi connectivity index (χ2v) is 6.09. The molecular formula is C20H22FN3. The van der Waals surface area contributed by atoms with Crippen LogP contribution >= 0.6 is 0 Å². The minimum absolute atomic E-state index is 0.0974. The van der Waals surface area contributed by atoms with Gasteiger partial charge in [0.05, 0.1) is 5.52 Å². The third-order valence-corrected chi connectivity index (χ3v) is 4.35. The molecule has 124 valence electrons. The van der Waals surface area contributed by atoms with E-state index < -0.39 is 0 Å². The van der Waals surface area contributed by atoms with Gasteiger partial charge in [-0.1, -0.05) is 31.2 Å². The number of anilines is 1. The van der Waals surface area contributed by atoms with Gasteiger partial charge in [-0.05, 0) is 54.8 Å². The van der Waals surface area contributed by atoms with E-state index in [2.05, 4.69) is 42.3 Å². The molecule has 2 unspecified atom stereocenters. The van der Waals surface area contributed by atoms with Crippen LogP contribution in [0, 0.1) is 5.82 Å². The lowest BCUT2D eigenvalue weighted by Crippen LogP contribution is -2.24. The van der Waals surface area contributed by atoms with Gasteiger partial charge in [0, 0.05) is 17.5 Å². The highest BCUT2D eigenvalue weighted by atomic mass is 19.1. The lowest BCUT2D eigenvalue weighted by molar-refractivity contribution is 0.454. The van der Waals surface area contributed by atoms with Crippen molar-refractivity contribution in [3.8, 4) is 0 Å². The van der Waals surface area contributed by atoms with Gasteiger partial charge in [0.2, 0.25) is 0 Å². The maximum absolute atomic E-state index is 13.5. The van der Waals surface area contributed by atoms with E-state index in [0.29, 0.717) is 5.82 Å². The van der Waals surface area contributed by atoms with Crippen LogP contribution in [-0.2, 0) is 0 Å². The number of pyridine rings is 1. The van der Waals surface area contributed by atoms with Crippen molar-refractivity contribution in [1.29, 1.82) is 0 Å². The molecule has 3 rings (SSSR count). The summed E-state index contributed by atoms with van der Waals surface area (Å²) in [7, 11) is 0. The Morgan fingerprint density at radius 2 is 1.88 bits per heavy atom. The molecule has 0 radical (unpaired) electrons.